The van der Waals surface area contributed by atoms with Crippen LogP contribution in [0.15, 0.2) is 0 Å². The zero-order valence-electron chi connectivity index (χ0n) is 10.0. The fourth-order valence-electron chi connectivity index (χ4n) is 1.61. The van der Waals surface area contributed by atoms with E-state index in [1.165, 1.54) is 0 Å². The Balaban J connectivity index is 2.06. The number of carbonyl (C=O) groups is 2. The molecule has 0 radical (unpaired) electrons. The van der Waals surface area contributed by atoms with Gasteiger partial charge in [-0.15, -0.1) is 0 Å². The van der Waals surface area contributed by atoms with Crippen LogP contribution in [0, 0.1) is 5.92 Å². The number of rotatable bonds is 5. The molecule has 0 aromatic carbocycles. The van der Waals surface area contributed by atoms with Gasteiger partial charge in [0.05, 0.1) is 6.04 Å². The third-order valence-corrected chi connectivity index (χ3v) is 2.62. The monoisotopic (exact) mass is 227 g/mol. The van der Waals surface area contributed by atoms with Crippen molar-refractivity contribution in [2.45, 2.75) is 32.7 Å². The smallest absolute Gasteiger partial charge is 0.237 e. The largest absolute Gasteiger partial charge is 0.354 e. The number of nitrogens with one attached hydrogen (secondary N) is 3. The average molecular weight is 227 g/mol. The molecular weight excluding hydrogens is 206 g/mol. The van der Waals surface area contributed by atoms with Crippen LogP contribution in [0.5, 0.6) is 0 Å². The average Bonchev–Trinajstić information content (AvgIpc) is 2.76. The molecule has 0 aromatic heterocycles. The molecule has 0 unspecified atom stereocenters. The number of hydrogen-bond acceptors (Lipinski definition) is 3. The third kappa shape index (κ3) is 4.18. The first kappa shape index (κ1) is 13.0. The van der Waals surface area contributed by atoms with Gasteiger partial charge in [-0.25, -0.2) is 0 Å². The van der Waals surface area contributed by atoms with Gasteiger partial charge >= 0.3 is 0 Å². The van der Waals surface area contributed by atoms with Gasteiger partial charge in [0.15, 0.2) is 0 Å². The van der Waals surface area contributed by atoms with Crippen molar-refractivity contribution in [3.05, 3.63) is 0 Å². The molecule has 5 heteroatoms. The van der Waals surface area contributed by atoms with E-state index >= 15 is 0 Å². The van der Waals surface area contributed by atoms with Crippen molar-refractivity contribution < 1.29 is 9.59 Å². The Morgan fingerprint density at radius 2 is 2.00 bits per heavy atom. The van der Waals surface area contributed by atoms with Crippen LogP contribution >= 0.6 is 0 Å². The summed E-state index contributed by atoms with van der Waals surface area (Å²) >= 11 is 0. The molecular formula is C11H21N3O2. The van der Waals surface area contributed by atoms with Crippen molar-refractivity contribution >= 4 is 11.8 Å². The molecule has 0 aromatic rings. The molecule has 0 saturated carbocycles. The highest BCUT2D eigenvalue weighted by Crippen LogP contribution is 2.03. The van der Waals surface area contributed by atoms with Crippen molar-refractivity contribution in [3.8, 4) is 0 Å². The second kappa shape index (κ2) is 6.48. The molecule has 2 amide bonds. The zero-order chi connectivity index (χ0) is 12.0. The van der Waals surface area contributed by atoms with Crippen LogP contribution in [0.25, 0.3) is 0 Å². The summed E-state index contributed by atoms with van der Waals surface area (Å²) in [4.78, 5) is 22.7. The lowest BCUT2D eigenvalue weighted by atomic mass is 10.2. The molecule has 1 fully saturated rings. The summed E-state index contributed by atoms with van der Waals surface area (Å²) in [5, 5.41) is 8.68. The molecule has 1 saturated heterocycles. The lowest BCUT2D eigenvalue weighted by molar-refractivity contribution is -0.125. The molecule has 16 heavy (non-hydrogen) atoms. The normalized spacial score (nSPS) is 19.8. The van der Waals surface area contributed by atoms with E-state index in [0.29, 0.717) is 13.1 Å². The van der Waals surface area contributed by atoms with Gasteiger partial charge in [0.1, 0.15) is 0 Å². The van der Waals surface area contributed by atoms with Crippen molar-refractivity contribution in [1.29, 1.82) is 0 Å². The quantitative estimate of drug-likeness (QED) is 0.561. The van der Waals surface area contributed by atoms with E-state index in [-0.39, 0.29) is 23.8 Å². The minimum Gasteiger partial charge on any atom is -0.354 e. The van der Waals surface area contributed by atoms with Gasteiger partial charge in [-0.3, -0.25) is 9.59 Å². The first-order valence-corrected chi connectivity index (χ1v) is 5.90. The van der Waals surface area contributed by atoms with E-state index in [0.717, 1.165) is 19.4 Å². The second-order valence-corrected chi connectivity index (χ2v) is 4.39. The van der Waals surface area contributed by atoms with Crippen LogP contribution in [-0.4, -0.2) is 37.5 Å². The topological polar surface area (TPSA) is 70.2 Å². The Morgan fingerprint density at radius 1 is 1.31 bits per heavy atom. The van der Waals surface area contributed by atoms with E-state index in [4.69, 9.17) is 0 Å². The zero-order valence-corrected chi connectivity index (χ0v) is 10.0. The molecule has 3 N–H and O–H groups in total. The molecule has 1 rings (SSSR count). The Bertz CT molecular complexity index is 248. The van der Waals surface area contributed by atoms with Crippen molar-refractivity contribution in [3.63, 3.8) is 0 Å². The summed E-state index contributed by atoms with van der Waals surface area (Å²) in [7, 11) is 0. The lowest BCUT2D eigenvalue weighted by Crippen LogP contribution is -2.43. The van der Waals surface area contributed by atoms with Crippen molar-refractivity contribution in [1.82, 2.24) is 16.0 Å². The van der Waals surface area contributed by atoms with E-state index in [1.54, 1.807) is 0 Å². The molecule has 0 aliphatic carbocycles. The Kier molecular flexibility index (Phi) is 5.25. The molecule has 1 aliphatic heterocycles. The molecule has 0 bridgehead atoms. The number of hydrogen-bond donors (Lipinski definition) is 3. The summed E-state index contributed by atoms with van der Waals surface area (Å²) in [6.07, 6.45) is 1.96. The number of carbonyl (C=O) groups excluding carboxylic acids is 2. The highest BCUT2D eigenvalue weighted by atomic mass is 16.2. The highest BCUT2D eigenvalue weighted by molar-refractivity contribution is 5.82. The van der Waals surface area contributed by atoms with Crippen LogP contribution in [0.4, 0.5) is 0 Å². The summed E-state index contributed by atoms with van der Waals surface area (Å²) in [6.45, 7) is 5.60. The highest BCUT2D eigenvalue weighted by Gasteiger charge is 2.21. The van der Waals surface area contributed by atoms with E-state index in [2.05, 4.69) is 16.0 Å². The molecule has 1 heterocycles. The number of amides is 2. The van der Waals surface area contributed by atoms with Gasteiger partial charge in [-0.2, -0.15) is 0 Å². The second-order valence-electron chi connectivity index (χ2n) is 4.39. The lowest BCUT2D eigenvalue weighted by Gasteiger charge is -2.12. The van der Waals surface area contributed by atoms with Crippen LogP contribution in [0.2, 0.25) is 0 Å². The molecule has 1 aliphatic rings. The Hall–Kier alpha value is -1.10. The Morgan fingerprint density at radius 3 is 2.56 bits per heavy atom. The maximum absolute atomic E-state index is 11.5. The Labute approximate surface area is 96.4 Å². The summed E-state index contributed by atoms with van der Waals surface area (Å²) in [5.41, 5.74) is 0. The van der Waals surface area contributed by atoms with Crippen molar-refractivity contribution in [2.24, 2.45) is 5.92 Å². The van der Waals surface area contributed by atoms with Gasteiger partial charge in [0.2, 0.25) is 11.8 Å². The first-order valence-electron chi connectivity index (χ1n) is 5.90. The van der Waals surface area contributed by atoms with E-state index < -0.39 is 0 Å². The van der Waals surface area contributed by atoms with E-state index in [1.807, 2.05) is 13.8 Å². The fourth-order valence-corrected chi connectivity index (χ4v) is 1.61. The van der Waals surface area contributed by atoms with Crippen LogP contribution in [0.3, 0.4) is 0 Å². The predicted octanol–water partition coefficient (Wildman–Crippen LogP) is -0.373. The van der Waals surface area contributed by atoms with Gasteiger partial charge < -0.3 is 16.0 Å². The van der Waals surface area contributed by atoms with Crippen molar-refractivity contribution in [2.75, 3.05) is 19.6 Å². The fraction of sp³-hybridized carbons (Fsp3) is 0.818. The van der Waals surface area contributed by atoms with E-state index in [9.17, 15) is 9.59 Å². The molecule has 5 nitrogen and oxygen atoms in total. The maximum Gasteiger partial charge on any atom is 0.237 e. The van der Waals surface area contributed by atoms with Gasteiger partial charge in [-0.05, 0) is 19.4 Å². The summed E-state index contributed by atoms with van der Waals surface area (Å²) in [6, 6.07) is -0.0409. The molecule has 0 spiro atoms. The minimum absolute atomic E-state index is 0.00722. The standard InChI is InChI=1S/C11H21N3O2/c1-8(2)10(15)13-6-7-14-11(16)9-4-3-5-12-9/h8-9,12H,3-7H2,1-2H3,(H,13,15)(H,14,16)/t9-/m0/s1. The van der Waals surface area contributed by atoms with Crippen LogP contribution in [0.1, 0.15) is 26.7 Å². The maximum atomic E-state index is 11.5. The SMILES string of the molecule is CC(C)C(=O)NCCNC(=O)[C@@H]1CCCN1. The van der Waals surface area contributed by atoms with Gasteiger partial charge in [0, 0.05) is 19.0 Å². The molecule has 92 valence electrons. The third-order valence-electron chi connectivity index (χ3n) is 2.62. The predicted molar refractivity (Wildman–Crippen MR) is 61.9 cm³/mol. The van der Waals surface area contributed by atoms with Gasteiger partial charge in [-0.1, -0.05) is 13.8 Å². The minimum atomic E-state index is -0.0409. The van der Waals surface area contributed by atoms with Gasteiger partial charge in [0.25, 0.3) is 0 Å². The summed E-state index contributed by atoms with van der Waals surface area (Å²) in [5.74, 6) is 0.0525. The molecule has 1 atom stereocenters. The van der Waals surface area contributed by atoms with Crippen LogP contribution in [-0.2, 0) is 9.59 Å². The first-order chi connectivity index (χ1) is 7.61. The van der Waals surface area contributed by atoms with Crippen LogP contribution < -0.4 is 16.0 Å². The summed E-state index contributed by atoms with van der Waals surface area (Å²) < 4.78 is 0.